The summed E-state index contributed by atoms with van der Waals surface area (Å²) in [6.07, 6.45) is -0.305. The number of anilines is 1. The average molecular weight is 241 g/mol. The second kappa shape index (κ2) is 5.37. The minimum Gasteiger partial charge on any atom is -0.376 e. The van der Waals surface area contributed by atoms with Crippen LogP contribution in [0.15, 0.2) is 0 Å². The Labute approximate surface area is 99.4 Å². The van der Waals surface area contributed by atoms with Crippen molar-refractivity contribution in [1.82, 2.24) is 9.97 Å². The van der Waals surface area contributed by atoms with E-state index >= 15 is 0 Å². The van der Waals surface area contributed by atoms with Crippen LogP contribution in [0.2, 0.25) is 0 Å². The zero-order chi connectivity index (χ0) is 12.3. The molecule has 0 radical (unpaired) electrons. The van der Waals surface area contributed by atoms with Crippen LogP contribution in [0, 0.1) is 12.7 Å². The Kier molecular flexibility index (Phi) is 3.86. The van der Waals surface area contributed by atoms with Crippen LogP contribution < -0.4 is 5.32 Å². The van der Waals surface area contributed by atoms with E-state index in [0.717, 1.165) is 0 Å². The summed E-state index contributed by atoms with van der Waals surface area (Å²) in [4.78, 5) is 8.25. The number of aromatic nitrogens is 2. The molecule has 2 rings (SSSR count). The van der Waals surface area contributed by atoms with Gasteiger partial charge in [-0.2, -0.15) is 0 Å². The van der Waals surface area contributed by atoms with Crippen molar-refractivity contribution < 1.29 is 13.9 Å². The SMILES string of the molecule is CCNc1nc(C2COCCO2)nc(C)c1F. The summed E-state index contributed by atoms with van der Waals surface area (Å²) in [5.41, 5.74) is 0.320. The molecule has 5 nitrogen and oxygen atoms in total. The highest BCUT2D eigenvalue weighted by Gasteiger charge is 2.22. The molecule has 0 spiro atoms. The molecule has 94 valence electrons. The van der Waals surface area contributed by atoms with Gasteiger partial charge in [0.05, 0.1) is 25.5 Å². The van der Waals surface area contributed by atoms with Crippen molar-refractivity contribution in [3.05, 3.63) is 17.3 Å². The van der Waals surface area contributed by atoms with Gasteiger partial charge >= 0.3 is 0 Å². The van der Waals surface area contributed by atoms with Gasteiger partial charge < -0.3 is 14.8 Å². The molecule has 1 aliphatic rings. The fourth-order valence-electron chi connectivity index (χ4n) is 1.65. The predicted octanol–water partition coefficient (Wildman–Crippen LogP) is 1.44. The van der Waals surface area contributed by atoms with E-state index in [-0.39, 0.29) is 11.9 Å². The van der Waals surface area contributed by atoms with Crippen LogP contribution in [0.5, 0.6) is 0 Å². The molecule has 6 heteroatoms. The first-order valence-electron chi connectivity index (χ1n) is 5.69. The Morgan fingerprint density at radius 1 is 1.41 bits per heavy atom. The molecule has 0 bridgehead atoms. The molecule has 0 saturated carbocycles. The zero-order valence-corrected chi connectivity index (χ0v) is 9.99. The fourth-order valence-corrected chi connectivity index (χ4v) is 1.65. The van der Waals surface area contributed by atoms with Crippen LogP contribution in [0.4, 0.5) is 10.2 Å². The standard InChI is InChI=1S/C11H16FN3O2/c1-3-13-11-9(12)7(2)14-10(15-11)8-6-16-4-5-17-8/h8H,3-6H2,1-2H3,(H,13,14,15). The second-order valence-electron chi connectivity index (χ2n) is 3.79. The summed E-state index contributed by atoms with van der Waals surface area (Å²) in [5, 5.41) is 2.87. The molecule has 1 unspecified atom stereocenters. The van der Waals surface area contributed by atoms with Crippen molar-refractivity contribution >= 4 is 5.82 Å². The largest absolute Gasteiger partial charge is 0.376 e. The molecule has 1 atom stereocenters. The third-order valence-electron chi connectivity index (χ3n) is 2.48. The highest BCUT2D eigenvalue weighted by atomic mass is 19.1. The molecule has 1 fully saturated rings. The van der Waals surface area contributed by atoms with Gasteiger partial charge in [0.1, 0.15) is 6.10 Å². The Balaban J connectivity index is 2.27. The van der Waals surface area contributed by atoms with E-state index in [1.54, 1.807) is 6.92 Å². The van der Waals surface area contributed by atoms with E-state index in [1.165, 1.54) is 0 Å². The molecule has 0 amide bonds. The van der Waals surface area contributed by atoms with Gasteiger partial charge in [0, 0.05) is 6.54 Å². The topological polar surface area (TPSA) is 56.3 Å². The maximum atomic E-state index is 13.7. The Bertz CT molecular complexity index is 395. The number of aryl methyl sites for hydroxylation is 1. The molecular formula is C11H16FN3O2. The summed E-state index contributed by atoms with van der Waals surface area (Å²) in [6.45, 7) is 5.62. The van der Waals surface area contributed by atoms with Crippen molar-refractivity contribution in [3.63, 3.8) is 0 Å². The zero-order valence-electron chi connectivity index (χ0n) is 9.99. The monoisotopic (exact) mass is 241 g/mol. The van der Waals surface area contributed by atoms with E-state index in [0.29, 0.717) is 37.9 Å². The van der Waals surface area contributed by atoms with Crippen LogP contribution in [0.1, 0.15) is 24.5 Å². The molecule has 0 aliphatic carbocycles. The first kappa shape index (κ1) is 12.2. The fraction of sp³-hybridized carbons (Fsp3) is 0.636. The predicted molar refractivity (Wildman–Crippen MR) is 60.4 cm³/mol. The number of nitrogens with one attached hydrogen (secondary N) is 1. The van der Waals surface area contributed by atoms with Crippen LogP contribution in [0.25, 0.3) is 0 Å². The van der Waals surface area contributed by atoms with Gasteiger partial charge in [0.25, 0.3) is 0 Å². The lowest BCUT2D eigenvalue weighted by Gasteiger charge is -2.22. The molecular weight excluding hydrogens is 225 g/mol. The van der Waals surface area contributed by atoms with Crippen molar-refractivity contribution in [3.8, 4) is 0 Å². The highest BCUT2D eigenvalue weighted by molar-refractivity contribution is 5.38. The summed E-state index contributed by atoms with van der Waals surface area (Å²) < 4.78 is 24.5. The molecule has 1 aromatic rings. The van der Waals surface area contributed by atoms with Crippen LogP contribution in [-0.2, 0) is 9.47 Å². The van der Waals surface area contributed by atoms with Gasteiger partial charge in [0.2, 0.25) is 0 Å². The molecule has 2 heterocycles. The van der Waals surface area contributed by atoms with E-state index in [2.05, 4.69) is 15.3 Å². The average Bonchev–Trinajstić information content (AvgIpc) is 2.36. The number of rotatable bonds is 3. The van der Waals surface area contributed by atoms with Gasteiger partial charge in [0.15, 0.2) is 17.5 Å². The third-order valence-corrected chi connectivity index (χ3v) is 2.48. The summed E-state index contributed by atoms with van der Waals surface area (Å²) in [7, 11) is 0. The Morgan fingerprint density at radius 3 is 2.88 bits per heavy atom. The van der Waals surface area contributed by atoms with Gasteiger partial charge in [-0.3, -0.25) is 0 Å². The molecule has 17 heavy (non-hydrogen) atoms. The lowest BCUT2D eigenvalue weighted by Crippen LogP contribution is -2.24. The number of nitrogens with zero attached hydrogens (tertiary/aromatic N) is 2. The van der Waals surface area contributed by atoms with Gasteiger partial charge in [-0.25, -0.2) is 14.4 Å². The molecule has 1 aromatic heterocycles. The van der Waals surface area contributed by atoms with Gasteiger partial charge in [-0.15, -0.1) is 0 Å². The Hall–Kier alpha value is -1.27. The third kappa shape index (κ3) is 2.70. The summed E-state index contributed by atoms with van der Waals surface area (Å²) in [5.74, 6) is 0.288. The number of hydrogen-bond acceptors (Lipinski definition) is 5. The van der Waals surface area contributed by atoms with E-state index < -0.39 is 5.82 Å². The molecule has 0 aromatic carbocycles. The molecule has 1 aliphatic heterocycles. The number of halogens is 1. The van der Waals surface area contributed by atoms with Crippen molar-refractivity contribution in [2.24, 2.45) is 0 Å². The van der Waals surface area contributed by atoms with Crippen LogP contribution >= 0.6 is 0 Å². The van der Waals surface area contributed by atoms with Gasteiger partial charge in [-0.05, 0) is 13.8 Å². The van der Waals surface area contributed by atoms with Crippen LogP contribution in [0.3, 0.4) is 0 Å². The van der Waals surface area contributed by atoms with Gasteiger partial charge in [-0.1, -0.05) is 0 Å². The highest BCUT2D eigenvalue weighted by Crippen LogP contribution is 2.21. The maximum Gasteiger partial charge on any atom is 0.186 e. The minimum absolute atomic E-state index is 0.226. The second-order valence-corrected chi connectivity index (χ2v) is 3.79. The normalized spacial score (nSPS) is 20.3. The van der Waals surface area contributed by atoms with Crippen molar-refractivity contribution in [1.29, 1.82) is 0 Å². The summed E-state index contributed by atoms with van der Waals surface area (Å²) >= 11 is 0. The first-order valence-corrected chi connectivity index (χ1v) is 5.69. The first-order chi connectivity index (χ1) is 8.22. The molecule has 1 N–H and O–H groups in total. The van der Waals surface area contributed by atoms with E-state index in [9.17, 15) is 4.39 Å². The van der Waals surface area contributed by atoms with Crippen molar-refractivity contribution in [2.75, 3.05) is 31.7 Å². The Morgan fingerprint density at radius 2 is 2.24 bits per heavy atom. The lowest BCUT2D eigenvalue weighted by molar-refractivity contribution is -0.0935. The van der Waals surface area contributed by atoms with Crippen molar-refractivity contribution in [2.45, 2.75) is 20.0 Å². The number of ether oxygens (including phenoxy) is 2. The number of hydrogen-bond donors (Lipinski definition) is 1. The quantitative estimate of drug-likeness (QED) is 0.867. The molecule has 1 saturated heterocycles. The minimum atomic E-state index is -0.410. The van der Waals surface area contributed by atoms with Crippen LogP contribution in [-0.4, -0.2) is 36.3 Å². The lowest BCUT2D eigenvalue weighted by atomic mass is 10.3. The smallest absolute Gasteiger partial charge is 0.186 e. The maximum absolute atomic E-state index is 13.7. The van der Waals surface area contributed by atoms with E-state index in [4.69, 9.17) is 9.47 Å². The van der Waals surface area contributed by atoms with E-state index in [1.807, 2.05) is 6.92 Å². The summed E-state index contributed by atoms with van der Waals surface area (Å²) in [6, 6.07) is 0.